The normalized spacial score (nSPS) is 14.2. The smallest absolute Gasteiger partial charge is 0.0593 e. The number of ether oxygens (including phenoxy) is 1. The minimum absolute atomic E-state index is 0.408. The molecule has 20 heavy (non-hydrogen) atoms. The van der Waals surface area contributed by atoms with Gasteiger partial charge in [-0.2, -0.15) is 0 Å². The second kappa shape index (κ2) is 8.06. The summed E-state index contributed by atoms with van der Waals surface area (Å²) in [4.78, 5) is 2.29. The molecule has 2 rings (SSSR count). The molecular formula is C17H24N2O. The van der Waals surface area contributed by atoms with E-state index in [0.29, 0.717) is 6.54 Å². The van der Waals surface area contributed by atoms with Crippen molar-refractivity contribution in [2.75, 3.05) is 33.4 Å². The SMILES string of the molecule is CN(CCOCC1CC1)Cc1ccc(C#CCN)cc1. The van der Waals surface area contributed by atoms with E-state index >= 15 is 0 Å². The van der Waals surface area contributed by atoms with Gasteiger partial charge < -0.3 is 10.5 Å². The average molecular weight is 272 g/mol. The molecule has 1 aromatic rings. The molecule has 0 saturated heterocycles. The first-order valence-electron chi connectivity index (χ1n) is 7.32. The van der Waals surface area contributed by atoms with Crippen molar-refractivity contribution in [3.05, 3.63) is 35.4 Å². The number of likely N-dealkylation sites (N-methyl/N-ethyl adjacent to an activating group) is 1. The van der Waals surface area contributed by atoms with Gasteiger partial charge in [0.15, 0.2) is 0 Å². The molecule has 108 valence electrons. The Morgan fingerprint density at radius 3 is 2.70 bits per heavy atom. The van der Waals surface area contributed by atoms with Crippen molar-refractivity contribution in [1.29, 1.82) is 0 Å². The summed E-state index contributed by atoms with van der Waals surface area (Å²) < 4.78 is 5.66. The van der Waals surface area contributed by atoms with Gasteiger partial charge in [0.1, 0.15) is 0 Å². The van der Waals surface area contributed by atoms with E-state index in [9.17, 15) is 0 Å². The molecule has 0 heterocycles. The first-order chi connectivity index (χ1) is 9.78. The standard InChI is InChI=1S/C17H24N2O/c1-19(11-12-20-14-17-8-9-17)13-16-6-4-15(5-7-16)3-2-10-18/h4-7,17H,8-14,18H2,1H3. The van der Waals surface area contributed by atoms with Crippen LogP contribution in [0.1, 0.15) is 24.0 Å². The van der Waals surface area contributed by atoms with Gasteiger partial charge in [0.05, 0.1) is 13.2 Å². The maximum absolute atomic E-state index is 5.66. The van der Waals surface area contributed by atoms with E-state index in [-0.39, 0.29) is 0 Å². The Labute approximate surface area is 122 Å². The van der Waals surface area contributed by atoms with Crippen LogP contribution in [0.3, 0.4) is 0 Å². The fraction of sp³-hybridized carbons (Fsp3) is 0.529. The minimum Gasteiger partial charge on any atom is -0.380 e. The molecule has 1 aromatic carbocycles. The van der Waals surface area contributed by atoms with Crippen molar-refractivity contribution >= 4 is 0 Å². The molecule has 0 aliphatic heterocycles. The van der Waals surface area contributed by atoms with Gasteiger partial charge in [0, 0.05) is 25.3 Å². The zero-order valence-corrected chi connectivity index (χ0v) is 12.3. The molecule has 1 aliphatic rings. The molecule has 1 aliphatic carbocycles. The lowest BCUT2D eigenvalue weighted by Gasteiger charge is -2.16. The van der Waals surface area contributed by atoms with Gasteiger partial charge in [-0.25, -0.2) is 0 Å². The van der Waals surface area contributed by atoms with Crippen LogP contribution in [0.15, 0.2) is 24.3 Å². The molecule has 0 spiro atoms. The number of hydrogen-bond acceptors (Lipinski definition) is 3. The van der Waals surface area contributed by atoms with E-state index in [1.807, 2.05) is 0 Å². The Morgan fingerprint density at radius 2 is 2.05 bits per heavy atom. The number of nitrogens with zero attached hydrogens (tertiary/aromatic N) is 1. The van der Waals surface area contributed by atoms with Gasteiger partial charge in [0.25, 0.3) is 0 Å². The van der Waals surface area contributed by atoms with Crippen LogP contribution in [0.2, 0.25) is 0 Å². The summed E-state index contributed by atoms with van der Waals surface area (Å²) in [6.07, 6.45) is 2.71. The van der Waals surface area contributed by atoms with Crippen LogP contribution in [0.5, 0.6) is 0 Å². The zero-order chi connectivity index (χ0) is 14.2. The van der Waals surface area contributed by atoms with Gasteiger partial charge in [-0.3, -0.25) is 4.90 Å². The van der Waals surface area contributed by atoms with E-state index in [4.69, 9.17) is 10.5 Å². The highest BCUT2D eigenvalue weighted by Gasteiger charge is 2.20. The van der Waals surface area contributed by atoms with Crippen molar-refractivity contribution in [2.45, 2.75) is 19.4 Å². The molecule has 0 atom stereocenters. The predicted octanol–water partition coefficient (Wildman–Crippen LogP) is 1.86. The lowest BCUT2D eigenvalue weighted by atomic mass is 10.1. The highest BCUT2D eigenvalue weighted by Crippen LogP contribution is 2.28. The van der Waals surface area contributed by atoms with Gasteiger partial charge in [0.2, 0.25) is 0 Å². The summed E-state index contributed by atoms with van der Waals surface area (Å²) in [5.74, 6) is 6.75. The zero-order valence-electron chi connectivity index (χ0n) is 12.3. The molecule has 1 fully saturated rings. The molecule has 3 nitrogen and oxygen atoms in total. The van der Waals surface area contributed by atoms with Crippen LogP contribution in [0.4, 0.5) is 0 Å². The number of hydrogen-bond donors (Lipinski definition) is 1. The van der Waals surface area contributed by atoms with E-state index in [1.165, 1.54) is 18.4 Å². The molecule has 2 N–H and O–H groups in total. The summed E-state index contributed by atoms with van der Waals surface area (Å²) in [6, 6.07) is 8.36. The van der Waals surface area contributed by atoms with Crippen LogP contribution in [0.25, 0.3) is 0 Å². The fourth-order valence-electron chi connectivity index (χ4n) is 1.99. The van der Waals surface area contributed by atoms with E-state index in [0.717, 1.165) is 37.8 Å². The third-order valence-corrected chi connectivity index (χ3v) is 3.41. The van der Waals surface area contributed by atoms with Crippen molar-refractivity contribution in [2.24, 2.45) is 11.7 Å². The quantitative estimate of drug-likeness (QED) is 0.608. The molecule has 3 heteroatoms. The van der Waals surface area contributed by atoms with Crippen molar-refractivity contribution in [3.63, 3.8) is 0 Å². The van der Waals surface area contributed by atoms with E-state index < -0.39 is 0 Å². The topological polar surface area (TPSA) is 38.5 Å². The summed E-state index contributed by atoms with van der Waals surface area (Å²) in [5.41, 5.74) is 7.68. The van der Waals surface area contributed by atoms with Crippen molar-refractivity contribution in [1.82, 2.24) is 4.90 Å². The largest absolute Gasteiger partial charge is 0.380 e. The molecule has 0 unspecified atom stereocenters. The number of nitrogens with two attached hydrogens (primary N) is 1. The second-order valence-electron chi connectivity index (χ2n) is 5.46. The van der Waals surface area contributed by atoms with Crippen LogP contribution in [-0.2, 0) is 11.3 Å². The molecule has 0 aromatic heterocycles. The van der Waals surface area contributed by atoms with Gasteiger partial charge >= 0.3 is 0 Å². The molecule has 0 amide bonds. The second-order valence-corrected chi connectivity index (χ2v) is 5.46. The summed E-state index contributed by atoms with van der Waals surface area (Å²) in [6.45, 7) is 4.10. The molecular weight excluding hydrogens is 248 g/mol. The lowest BCUT2D eigenvalue weighted by Crippen LogP contribution is -2.23. The molecule has 1 saturated carbocycles. The van der Waals surface area contributed by atoms with Crippen molar-refractivity contribution in [3.8, 4) is 11.8 Å². The fourth-order valence-corrected chi connectivity index (χ4v) is 1.99. The van der Waals surface area contributed by atoms with Gasteiger partial charge in [-0.1, -0.05) is 24.0 Å². The van der Waals surface area contributed by atoms with Crippen LogP contribution in [0, 0.1) is 17.8 Å². The Balaban J connectivity index is 1.68. The number of benzene rings is 1. The van der Waals surface area contributed by atoms with Crippen molar-refractivity contribution < 1.29 is 4.74 Å². The van der Waals surface area contributed by atoms with Gasteiger partial charge in [-0.15, -0.1) is 0 Å². The summed E-state index contributed by atoms with van der Waals surface area (Å²) >= 11 is 0. The predicted molar refractivity (Wildman–Crippen MR) is 82.3 cm³/mol. The minimum atomic E-state index is 0.408. The van der Waals surface area contributed by atoms with Crippen LogP contribution >= 0.6 is 0 Å². The Kier molecular flexibility index (Phi) is 6.07. The maximum Gasteiger partial charge on any atom is 0.0593 e. The molecule has 0 bridgehead atoms. The van der Waals surface area contributed by atoms with Crippen LogP contribution in [-0.4, -0.2) is 38.3 Å². The summed E-state index contributed by atoms with van der Waals surface area (Å²) in [7, 11) is 2.13. The average Bonchev–Trinajstić information content (AvgIpc) is 3.27. The monoisotopic (exact) mass is 272 g/mol. The highest BCUT2D eigenvalue weighted by molar-refractivity contribution is 5.36. The lowest BCUT2D eigenvalue weighted by molar-refractivity contribution is 0.102. The Bertz CT molecular complexity index is 454. The third-order valence-electron chi connectivity index (χ3n) is 3.41. The Morgan fingerprint density at radius 1 is 1.30 bits per heavy atom. The van der Waals surface area contributed by atoms with Gasteiger partial charge in [-0.05, 0) is 43.5 Å². The first-order valence-corrected chi connectivity index (χ1v) is 7.32. The Hall–Kier alpha value is -1.34. The van der Waals surface area contributed by atoms with Crippen LogP contribution < -0.4 is 5.73 Å². The molecule has 0 radical (unpaired) electrons. The highest BCUT2D eigenvalue weighted by atomic mass is 16.5. The number of rotatable bonds is 7. The third kappa shape index (κ3) is 5.75. The first kappa shape index (κ1) is 15.1. The van der Waals surface area contributed by atoms with E-state index in [2.05, 4.69) is 48.1 Å². The van der Waals surface area contributed by atoms with E-state index in [1.54, 1.807) is 0 Å². The maximum atomic E-state index is 5.66. The summed E-state index contributed by atoms with van der Waals surface area (Å²) in [5, 5.41) is 0.